The highest BCUT2D eigenvalue weighted by Crippen LogP contribution is 2.17. The Hall–Kier alpha value is -3.02. The maximum absolute atomic E-state index is 13.0. The van der Waals surface area contributed by atoms with Gasteiger partial charge in [0.25, 0.3) is 5.91 Å². The van der Waals surface area contributed by atoms with Gasteiger partial charge in [-0.15, -0.1) is 0 Å². The maximum atomic E-state index is 13.0. The first-order valence-corrected chi connectivity index (χ1v) is 10.3. The minimum atomic E-state index is -0.623. The van der Waals surface area contributed by atoms with Crippen LogP contribution in [0.25, 0.3) is 0 Å². The SMILES string of the molecule is CCCCNC(=O)[C@H](C)N(Cc1cccc(OC)c1)C(=O)COc1cccc(C)c1. The molecular weight excluding hydrogens is 380 g/mol. The molecule has 2 amide bonds. The second kappa shape index (κ2) is 11.9. The lowest BCUT2D eigenvalue weighted by molar-refractivity contribution is -0.142. The van der Waals surface area contributed by atoms with Crippen LogP contribution in [0.4, 0.5) is 0 Å². The van der Waals surface area contributed by atoms with Gasteiger partial charge in [0.15, 0.2) is 6.61 Å². The summed E-state index contributed by atoms with van der Waals surface area (Å²) in [5, 5.41) is 2.91. The molecule has 0 saturated carbocycles. The monoisotopic (exact) mass is 412 g/mol. The van der Waals surface area contributed by atoms with E-state index in [2.05, 4.69) is 12.2 Å². The number of carbonyl (C=O) groups excluding carboxylic acids is 2. The zero-order valence-electron chi connectivity index (χ0n) is 18.3. The van der Waals surface area contributed by atoms with E-state index >= 15 is 0 Å². The average molecular weight is 413 g/mol. The Morgan fingerprint density at radius 1 is 1.10 bits per heavy atom. The van der Waals surface area contributed by atoms with E-state index in [9.17, 15) is 9.59 Å². The lowest BCUT2D eigenvalue weighted by Crippen LogP contribution is -2.49. The van der Waals surface area contributed by atoms with Crippen LogP contribution in [0, 0.1) is 6.92 Å². The normalized spacial score (nSPS) is 11.5. The van der Waals surface area contributed by atoms with Gasteiger partial charge in [-0.05, 0) is 55.7 Å². The first-order valence-electron chi connectivity index (χ1n) is 10.3. The topological polar surface area (TPSA) is 67.9 Å². The van der Waals surface area contributed by atoms with Gasteiger partial charge in [0.05, 0.1) is 7.11 Å². The van der Waals surface area contributed by atoms with Gasteiger partial charge in [-0.3, -0.25) is 9.59 Å². The summed E-state index contributed by atoms with van der Waals surface area (Å²) in [5.41, 5.74) is 1.93. The van der Waals surface area contributed by atoms with Crippen LogP contribution in [0.5, 0.6) is 11.5 Å². The molecule has 6 heteroatoms. The molecule has 0 aliphatic rings. The van der Waals surface area contributed by atoms with Crippen molar-refractivity contribution in [1.29, 1.82) is 0 Å². The van der Waals surface area contributed by atoms with Crippen LogP contribution in [0.2, 0.25) is 0 Å². The number of carbonyl (C=O) groups is 2. The second-order valence-corrected chi connectivity index (χ2v) is 7.30. The van der Waals surface area contributed by atoms with Crippen molar-refractivity contribution in [3.05, 3.63) is 59.7 Å². The lowest BCUT2D eigenvalue weighted by Gasteiger charge is -2.29. The fourth-order valence-corrected chi connectivity index (χ4v) is 3.02. The van der Waals surface area contributed by atoms with E-state index in [1.54, 1.807) is 18.9 Å². The second-order valence-electron chi connectivity index (χ2n) is 7.30. The summed E-state index contributed by atoms with van der Waals surface area (Å²) in [4.78, 5) is 27.2. The molecule has 2 rings (SSSR count). The number of benzene rings is 2. The molecule has 0 radical (unpaired) electrons. The van der Waals surface area contributed by atoms with E-state index in [0.717, 1.165) is 24.0 Å². The van der Waals surface area contributed by atoms with Gasteiger partial charge in [0.1, 0.15) is 17.5 Å². The smallest absolute Gasteiger partial charge is 0.261 e. The molecule has 0 heterocycles. The summed E-state index contributed by atoms with van der Waals surface area (Å²) in [7, 11) is 1.60. The molecule has 0 saturated heterocycles. The Bertz CT molecular complexity index is 837. The van der Waals surface area contributed by atoms with Crippen LogP contribution in [-0.4, -0.2) is 43.0 Å². The standard InChI is InChI=1S/C24H32N2O4/c1-5-6-13-25-24(28)19(3)26(16-20-10-8-11-21(15-20)29-4)23(27)17-30-22-12-7-9-18(2)14-22/h7-12,14-15,19H,5-6,13,16-17H2,1-4H3,(H,25,28)/t19-/m0/s1. The van der Waals surface area contributed by atoms with Crippen molar-refractivity contribution in [2.24, 2.45) is 0 Å². The van der Waals surface area contributed by atoms with E-state index in [4.69, 9.17) is 9.47 Å². The maximum Gasteiger partial charge on any atom is 0.261 e. The highest BCUT2D eigenvalue weighted by atomic mass is 16.5. The molecule has 162 valence electrons. The molecule has 0 aromatic heterocycles. The van der Waals surface area contributed by atoms with Crippen molar-refractivity contribution in [2.45, 2.75) is 46.2 Å². The minimum absolute atomic E-state index is 0.139. The number of nitrogens with zero attached hydrogens (tertiary/aromatic N) is 1. The molecule has 0 bridgehead atoms. The van der Waals surface area contributed by atoms with Crippen molar-refractivity contribution < 1.29 is 19.1 Å². The molecule has 0 aliphatic heterocycles. The predicted molar refractivity (Wildman–Crippen MR) is 118 cm³/mol. The quantitative estimate of drug-likeness (QED) is 0.571. The minimum Gasteiger partial charge on any atom is -0.497 e. The number of hydrogen-bond donors (Lipinski definition) is 1. The third kappa shape index (κ3) is 7.10. The molecule has 1 N–H and O–H groups in total. The van der Waals surface area contributed by atoms with E-state index in [1.165, 1.54) is 0 Å². The zero-order valence-corrected chi connectivity index (χ0v) is 18.3. The van der Waals surface area contributed by atoms with E-state index < -0.39 is 6.04 Å². The van der Waals surface area contributed by atoms with Crippen LogP contribution in [0.3, 0.4) is 0 Å². The summed E-state index contributed by atoms with van der Waals surface area (Å²) >= 11 is 0. The van der Waals surface area contributed by atoms with Crippen LogP contribution in [-0.2, 0) is 16.1 Å². The third-order valence-corrected chi connectivity index (χ3v) is 4.84. The fourth-order valence-electron chi connectivity index (χ4n) is 3.02. The van der Waals surface area contributed by atoms with Gasteiger partial charge in [-0.2, -0.15) is 0 Å². The molecule has 30 heavy (non-hydrogen) atoms. The number of methoxy groups -OCH3 is 1. The Labute approximate surface area is 179 Å². The third-order valence-electron chi connectivity index (χ3n) is 4.84. The van der Waals surface area contributed by atoms with E-state index in [-0.39, 0.29) is 25.0 Å². The number of rotatable bonds is 11. The summed E-state index contributed by atoms with van der Waals surface area (Å²) < 4.78 is 11.0. The van der Waals surface area contributed by atoms with E-state index in [0.29, 0.717) is 18.0 Å². The molecule has 0 aliphatic carbocycles. The van der Waals surface area contributed by atoms with Crippen molar-refractivity contribution in [3.63, 3.8) is 0 Å². The number of aryl methyl sites for hydroxylation is 1. The van der Waals surface area contributed by atoms with Crippen molar-refractivity contribution >= 4 is 11.8 Å². The number of hydrogen-bond acceptors (Lipinski definition) is 4. The summed E-state index contributed by atoms with van der Waals surface area (Å²) in [6.07, 6.45) is 1.89. The van der Waals surface area contributed by atoms with Gasteiger partial charge in [-0.1, -0.05) is 37.6 Å². The Morgan fingerprint density at radius 3 is 2.53 bits per heavy atom. The molecule has 0 spiro atoms. The average Bonchev–Trinajstić information content (AvgIpc) is 2.75. The summed E-state index contributed by atoms with van der Waals surface area (Å²) in [6, 6.07) is 14.4. The predicted octanol–water partition coefficient (Wildman–Crippen LogP) is 3.72. The number of nitrogens with one attached hydrogen (secondary N) is 1. The highest BCUT2D eigenvalue weighted by molar-refractivity contribution is 5.87. The molecule has 0 fully saturated rings. The van der Waals surface area contributed by atoms with Crippen molar-refractivity contribution in [3.8, 4) is 11.5 Å². The first kappa shape index (κ1) is 23.3. The van der Waals surface area contributed by atoms with Gasteiger partial charge < -0.3 is 19.7 Å². The van der Waals surface area contributed by atoms with Gasteiger partial charge in [0.2, 0.25) is 5.91 Å². The number of amides is 2. The molecule has 6 nitrogen and oxygen atoms in total. The Morgan fingerprint density at radius 2 is 1.83 bits per heavy atom. The van der Waals surface area contributed by atoms with Gasteiger partial charge >= 0.3 is 0 Å². The highest BCUT2D eigenvalue weighted by Gasteiger charge is 2.26. The molecule has 1 atom stereocenters. The number of unbranched alkanes of at least 4 members (excludes halogenated alkanes) is 1. The van der Waals surface area contributed by atoms with Gasteiger partial charge in [-0.25, -0.2) is 0 Å². The van der Waals surface area contributed by atoms with Gasteiger partial charge in [0, 0.05) is 13.1 Å². The fraction of sp³-hybridized carbons (Fsp3) is 0.417. The van der Waals surface area contributed by atoms with Crippen LogP contribution >= 0.6 is 0 Å². The van der Waals surface area contributed by atoms with Crippen LogP contribution in [0.15, 0.2) is 48.5 Å². The van der Waals surface area contributed by atoms with Crippen molar-refractivity contribution in [1.82, 2.24) is 10.2 Å². The molecule has 0 unspecified atom stereocenters. The van der Waals surface area contributed by atoms with E-state index in [1.807, 2.05) is 55.5 Å². The lowest BCUT2D eigenvalue weighted by atomic mass is 10.1. The largest absolute Gasteiger partial charge is 0.497 e. The molecule has 2 aromatic rings. The first-order chi connectivity index (χ1) is 14.4. The summed E-state index contributed by atoms with van der Waals surface area (Å²) in [5.74, 6) is 0.911. The van der Waals surface area contributed by atoms with Crippen LogP contribution < -0.4 is 14.8 Å². The molecule has 2 aromatic carbocycles. The zero-order chi connectivity index (χ0) is 21.9. The van der Waals surface area contributed by atoms with Crippen molar-refractivity contribution in [2.75, 3.05) is 20.3 Å². The summed E-state index contributed by atoms with van der Waals surface area (Å²) in [6.45, 7) is 6.52. The number of ether oxygens (including phenoxy) is 2. The Balaban J connectivity index is 2.13. The molecular formula is C24H32N2O4. The van der Waals surface area contributed by atoms with Crippen LogP contribution in [0.1, 0.15) is 37.8 Å². The Kier molecular flexibility index (Phi) is 9.19.